The first-order chi connectivity index (χ1) is 9.61. The quantitative estimate of drug-likeness (QED) is 0.880. The third-order valence-electron chi connectivity index (χ3n) is 3.39. The summed E-state index contributed by atoms with van der Waals surface area (Å²) in [5.41, 5.74) is 7.32. The SMILES string of the molecule is COc1cccc(C(C(C)N)N(C)Cc2ccco2)c1. The molecule has 0 bridgehead atoms. The van der Waals surface area contributed by atoms with E-state index in [2.05, 4.69) is 18.0 Å². The molecule has 0 spiro atoms. The van der Waals surface area contributed by atoms with Gasteiger partial charge in [-0.3, -0.25) is 4.90 Å². The van der Waals surface area contributed by atoms with E-state index in [1.807, 2.05) is 37.3 Å². The lowest BCUT2D eigenvalue weighted by molar-refractivity contribution is 0.195. The third kappa shape index (κ3) is 3.40. The average molecular weight is 274 g/mol. The maximum Gasteiger partial charge on any atom is 0.119 e. The predicted molar refractivity (Wildman–Crippen MR) is 79.6 cm³/mol. The van der Waals surface area contributed by atoms with Crippen molar-refractivity contribution >= 4 is 0 Å². The van der Waals surface area contributed by atoms with Gasteiger partial charge in [0.25, 0.3) is 0 Å². The van der Waals surface area contributed by atoms with Crippen LogP contribution in [0.5, 0.6) is 5.75 Å². The highest BCUT2D eigenvalue weighted by atomic mass is 16.5. The molecule has 2 unspecified atom stereocenters. The molecule has 2 atom stereocenters. The van der Waals surface area contributed by atoms with Gasteiger partial charge in [-0.05, 0) is 43.8 Å². The van der Waals surface area contributed by atoms with Gasteiger partial charge < -0.3 is 14.9 Å². The largest absolute Gasteiger partial charge is 0.497 e. The van der Waals surface area contributed by atoms with Crippen LogP contribution in [0.25, 0.3) is 0 Å². The zero-order valence-electron chi connectivity index (χ0n) is 12.2. The zero-order chi connectivity index (χ0) is 14.5. The highest BCUT2D eigenvalue weighted by Crippen LogP contribution is 2.26. The number of nitrogens with two attached hydrogens (primary N) is 1. The first kappa shape index (κ1) is 14.6. The third-order valence-corrected chi connectivity index (χ3v) is 3.39. The molecule has 0 radical (unpaired) electrons. The Hall–Kier alpha value is -1.78. The lowest BCUT2D eigenvalue weighted by atomic mass is 9.99. The summed E-state index contributed by atoms with van der Waals surface area (Å²) >= 11 is 0. The van der Waals surface area contributed by atoms with E-state index >= 15 is 0 Å². The van der Waals surface area contributed by atoms with Crippen molar-refractivity contribution in [2.24, 2.45) is 5.73 Å². The Morgan fingerprint density at radius 2 is 2.10 bits per heavy atom. The number of furan rings is 1. The summed E-state index contributed by atoms with van der Waals surface area (Å²) in [7, 11) is 3.72. The highest BCUT2D eigenvalue weighted by molar-refractivity contribution is 5.31. The Bertz CT molecular complexity index is 523. The van der Waals surface area contributed by atoms with Crippen LogP contribution < -0.4 is 10.5 Å². The molecule has 1 aromatic heterocycles. The van der Waals surface area contributed by atoms with Gasteiger partial charge in [-0.25, -0.2) is 0 Å². The fraction of sp³-hybridized carbons (Fsp3) is 0.375. The van der Waals surface area contributed by atoms with E-state index in [1.54, 1.807) is 13.4 Å². The molecule has 0 aliphatic rings. The second-order valence-corrected chi connectivity index (χ2v) is 5.08. The van der Waals surface area contributed by atoms with E-state index in [0.717, 1.165) is 23.6 Å². The van der Waals surface area contributed by atoms with Crippen LogP contribution >= 0.6 is 0 Å². The lowest BCUT2D eigenvalue weighted by Gasteiger charge is -2.31. The summed E-state index contributed by atoms with van der Waals surface area (Å²) in [6.07, 6.45) is 1.69. The van der Waals surface area contributed by atoms with Crippen molar-refractivity contribution in [2.75, 3.05) is 14.2 Å². The van der Waals surface area contributed by atoms with Crippen LogP contribution in [0.3, 0.4) is 0 Å². The van der Waals surface area contributed by atoms with Crippen LogP contribution in [-0.2, 0) is 6.54 Å². The Balaban J connectivity index is 2.21. The maximum absolute atomic E-state index is 6.18. The summed E-state index contributed by atoms with van der Waals surface area (Å²) < 4.78 is 10.7. The van der Waals surface area contributed by atoms with Crippen molar-refractivity contribution in [2.45, 2.75) is 25.6 Å². The standard InChI is InChI=1S/C16H22N2O2/c1-12(17)16(13-6-4-7-14(10-13)19-3)18(2)11-15-8-5-9-20-15/h4-10,12,16H,11,17H2,1-3H3. The van der Waals surface area contributed by atoms with Crippen molar-refractivity contribution in [1.29, 1.82) is 0 Å². The topological polar surface area (TPSA) is 51.6 Å². The molecule has 0 aliphatic heterocycles. The summed E-state index contributed by atoms with van der Waals surface area (Å²) in [6.45, 7) is 2.74. The highest BCUT2D eigenvalue weighted by Gasteiger charge is 2.22. The van der Waals surface area contributed by atoms with Crippen molar-refractivity contribution in [3.05, 3.63) is 54.0 Å². The molecule has 108 valence electrons. The Labute approximate surface area is 120 Å². The first-order valence-corrected chi connectivity index (χ1v) is 6.74. The number of likely N-dealkylation sites (N-methyl/N-ethyl adjacent to an activating group) is 1. The van der Waals surface area contributed by atoms with Crippen LogP contribution in [0.1, 0.15) is 24.3 Å². The molecule has 0 saturated carbocycles. The molecule has 2 aromatic rings. The Morgan fingerprint density at radius 3 is 2.70 bits per heavy atom. The monoisotopic (exact) mass is 274 g/mol. The summed E-state index contributed by atoms with van der Waals surface area (Å²) in [5, 5.41) is 0. The first-order valence-electron chi connectivity index (χ1n) is 6.74. The zero-order valence-corrected chi connectivity index (χ0v) is 12.2. The minimum Gasteiger partial charge on any atom is -0.497 e. The average Bonchev–Trinajstić information content (AvgIpc) is 2.91. The number of nitrogens with zero attached hydrogens (tertiary/aromatic N) is 1. The van der Waals surface area contributed by atoms with Gasteiger partial charge in [-0.2, -0.15) is 0 Å². The van der Waals surface area contributed by atoms with E-state index < -0.39 is 0 Å². The molecular weight excluding hydrogens is 252 g/mol. The van der Waals surface area contributed by atoms with Crippen molar-refractivity contribution in [3.8, 4) is 5.75 Å². The van der Waals surface area contributed by atoms with Crippen LogP contribution in [0.15, 0.2) is 47.1 Å². The lowest BCUT2D eigenvalue weighted by Crippen LogP contribution is -2.36. The van der Waals surface area contributed by atoms with Gasteiger partial charge in [0.05, 0.1) is 19.9 Å². The van der Waals surface area contributed by atoms with Gasteiger partial charge in [0.1, 0.15) is 11.5 Å². The van der Waals surface area contributed by atoms with Crippen molar-refractivity contribution in [3.63, 3.8) is 0 Å². The number of methoxy groups -OCH3 is 1. The molecule has 1 aromatic carbocycles. The van der Waals surface area contributed by atoms with Crippen LogP contribution in [0.2, 0.25) is 0 Å². The van der Waals surface area contributed by atoms with Gasteiger partial charge in [0.2, 0.25) is 0 Å². The molecular formula is C16H22N2O2. The fourth-order valence-corrected chi connectivity index (χ4v) is 2.53. The van der Waals surface area contributed by atoms with E-state index in [1.165, 1.54) is 0 Å². The predicted octanol–water partition coefficient (Wildman–Crippen LogP) is 2.81. The van der Waals surface area contributed by atoms with Crippen LogP contribution in [0, 0.1) is 0 Å². The molecule has 0 fully saturated rings. The Morgan fingerprint density at radius 1 is 1.30 bits per heavy atom. The molecule has 0 saturated heterocycles. The van der Waals surface area contributed by atoms with E-state index in [9.17, 15) is 0 Å². The number of rotatable bonds is 6. The maximum atomic E-state index is 6.18. The van der Waals surface area contributed by atoms with Crippen molar-refractivity contribution < 1.29 is 9.15 Å². The smallest absolute Gasteiger partial charge is 0.119 e. The van der Waals surface area contributed by atoms with Crippen LogP contribution in [0.4, 0.5) is 0 Å². The molecule has 4 heteroatoms. The molecule has 0 aliphatic carbocycles. The normalized spacial score (nSPS) is 14.2. The van der Waals surface area contributed by atoms with Gasteiger partial charge in [-0.1, -0.05) is 12.1 Å². The number of hydrogen-bond acceptors (Lipinski definition) is 4. The van der Waals surface area contributed by atoms with Crippen molar-refractivity contribution in [1.82, 2.24) is 4.90 Å². The Kier molecular flexibility index (Phi) is 4.82. The minimum absolute atomic E-state index is 0.00192. The minimum atomic E-state index is 0.00192. The summed E-state index contributed by atoms with van der Waals surface area (Å²) in [5.74, 6) is 1.78. The molecule has 0 amide bonds. The van der Waals surface area contributed by atoms with E-state index in [4.69, 9.17) is 14.9 Å². The molecule has 20 heavy (non-hydrogen) atoms. The van der Waals surface area contributed by atoms with E-state index in [0.29, 0.717) is 0 Å². The van der Waals surface area contributed by atoms with E-state index in [-0.39, 0.29) is 12.1 Å². The van der Waals surface area contributed by atoms with Gasteiger partial charge in [0.15, 0.2) is 0 Å². The second-order valence-electron chi connectivity index (χ2n) is 5.08. The molecule has 1 heterocycles. The van der Waals surface area contributed by atoms with Crippen LogP contribution in [-0.4, -0.2) is 25.1 Å². The second kappa shape index (κ2) is 6.59. The van der Waals surface area contributed by atoms with Gasteiger partial charge >= 0.3 is 0 Å². The number of benzene rings is 1. The molecule has 2 rings (SSSR count). The summed E-state index contributed by atoms with van der Waals surface area (Å²) in [6, 6.07) is 12.0. The summed E-state index contributed by atoms with van der Waals surface area (Å²) in [4.78, 5) is 2.19. The van der Waals surface area contributed by atoms with Gasteiger partial charge in [0, 0.05) is 12.1 Å². The van der Waals surface area contributed by atoms with Gasteiger partial charge in [-0.15, -0.1) is 0 Å². The fourth-order valence-electron chi connectivity index (χ4n) is 2.53. The number of ether oxygens (including phenoxy) is 1. The molecule has 2 N–H and O–H groups in total. The molecule has 4 nitrogen and oxygen atoms in total. The number of hydrogen-bond donors (Lipinski definition) is 1.